The Bertz CT molecular complexity index is 476. The molecule has 0 saturated heterocycles. The predicted molar refractivity (Wildman–Crippen MR) is 69.0 cm³/mol. The van der Waals surface area contributed by atoms with Crippen molar-refractivity contribution < 1.29 is 14.4 Å². The van der Waals surface area contributed by atoms with Crippen molar-refractivity contribution in [1.82, 2.24) is 9.97 Å². The van der Waals surface area contributed by atoms with Crippen LogP contribution in [0.4, 0.5) is 11.6 Å². The van der Waals surface area contributed by atoms with Crippen molar-refractivity contribution >= 4 is 11.6 Å². The molecule has 0 saturated carbocycles. The van der Waals surface area contributed by atoms with E-state index in [-0.39, 0.29) is 35.4 Å². The van der Waals surface area contributed by atoms with Gasteiger partial charge in [-0.1, -0.05) is 0 Å². The molecular formula is C11H18N4O4. The van der Waals surface area contributed by atoms with E-state index >= 15 is 0 Å². The first-order chi connectivity index (χ1) is 8.76. The van der Waals surface area contributed by atoms with Crippen LogP contribution < -0.4 is 10.5 Å². The van der Waals surface area contributed by atoms with Crippen LogP contribution in [0.2, 0.25) is 0 Å². The summed E-state index contributed by atoms with van der Waals surface area (Å²) in [5.74, 6) is -0.161. The maximum absolute atomic E-state index is 11.0. The van der Waals surface area contributed by atoms with E-state index in [2.05, 4.69) is 9.97 Å². The molecular weight excluding hydrogens is 252 g/mol. The zero-order valence-corrected chi connectivity index (χ0v) is 11.5. The molecule has 0 amide bonds. The normalized spacial score (nSPS) is 11.4. The van der Waals surface area contributed by atoms with E-state index in [1.807, 2.05) is 13.8 Å². The van der Waals surface area contributed by atoms with Gasteiger partial charge in [0.25, 0.3) is 5.88 Å². The van der Waals surface area contributed by atoms with Gasteiger partial charge in [-0.25, -0.2) is 4.98 Å². The van der Waals surface area contributed by atoms with Gasteiger partial charge in [0.1, 0.15) is 5.69 Å². The number of hydrogen-bond donors (Lipinski definition) is 1. The summed E-state index contributed by atoms with van der Waals surface area (Å²) in [6.45, 7) is 5.51. The van der Waals surface area contributed by atoms with Gasteiger partial charge in [0.05, 0.1) is 17.1 Å². The molecule has 0 aliphatic carbocycles. The molecule has 0 aliphatic rings. The average molecular weight is 270 g/mol. The van der Waals surface area contributed by atoms with Crippen molar-refractivity contribution in [3.63, 3.8) is 0 Å². The summed E-state index contributed by atoms with van der Waals surface area (Å²) in [5, 5.41) is 11.0. The SMILES string of the molecule is COC(C)(C)CCOc1nc(N)nc(C)c1[N+](=O)[O-]. The molecule has 19 heavy (non-hydrogen) atoms. The van der Waals surface area contributed by atoms with Gasteiger partial charge in [-0.05, 0) is 20.8 Å². The predicted octanol–water partition coefficient (Wildman–Crippen LogP) is 1.47. The highest BCUT2D eigenvalue weighted by molar-refractivity contribution is 5.47. The minimum Gasteiger partial charge on any atom is -0.473 e. The molecule has 0 bridgehead atoms. The largest absolute Gasteiger partial charge is 0.473 e. The van der Waals surface area contributed by atoms with Crippen LogP contribution in [-0.4, -0.2) is 34.2 Å². The first-order valence-corrected chi connectivity index (χ1v) is 5.73. The molecule has 1 rings (SSSR count). The fourth-order valence-corrected chi connectivity index (χ4v) is 1.37. The molecule has 8 nitrogen and oxygen atoms in total. The lowest BCUT2D eigenvalue weighted by molar-refractivity contribution is -0.387. The second-order valence-corrected chi connectivity index (χ2v) is 4.64. The Hall–Kier alpha value is -1.96. The Morgan fingerprint density at radius 1 is 1.42 bits per heavy atom. The quantitative estimate of drug-likeness (QED) is 0.615. The van der Waals surface area contributed by atoms with Crippen LogP contribution >= 0.6 is 0 Å². The zero-order chi connectivity index (χ0) is 14.6. The van der Waals surface area contributed by atoms with Crippen LogP contribution in [0.5, 0.6) is 5.88 Å². The van der Waals surface area contributed by atoms with E-state index in [9.17, 15) is 10.1 Å². The highest BCUT2D eigenvalue weighted by atomic mass is 16.6. The molecule has 1 aromatic rings. The number of ether oxygens (including phenoxy) is 2. The zero-order valence-electron chi connectivity index (χ0n) is 11.5. The van der Waals surface area contributed by atoms with E-state index < -0.39 is 4.92 Å². The molecule has 0 unspecified atom stereocenters. The molecule has 2 N–H and O–H groups in total. The molecule has 0 spiro atoms. The summed E-state index contributed by atoms with van der Waals surface area (Å²) in [5.41, 5.74) is 5.01. The molecule has 0 radical (unpaired) electrons. The number of nitrogen functional groups attached to an aromatic ring is 1. The standard InChI is InChI=1S/C11H18N4O4/c1-7-8(15(16)17)9(14-10(12)13-7)19-6-5-11(2,3)18-4/h5-6H2,1-4H3,(H2,12,13,14). The van der Waals surface area contributed by atoms with Gasteiger partial charge in [-0.15, -0.1) is 0 Å². The first-order valence-electron chi connectivity index (χ1n) is 5.73. The van der Waals surface area contributed by atoms with Gasteiger partial charge in [0.15, 0.2) is 0 Å². The summed E-state index contributed by atoms with van der Waals surface area (Å²) in [4.78, 5) is 17.9. The molecule has 0 aliphatic heterocycles. The van der Waals surface area contributed by atoms with Gasteiger partial charge in [-0.2, -0.15) is 4.98 Å². The maximum Gasteiger partial charge on any atom is 0.352 e. The van der Waals surface area contributed by atoms with Crippen LogP contribution in [0.1, 0.15) is 26.0 Å². The van der Waals surface area contributed by atoms with Crippen LogP contribution in [0.3, 0.4) is 0 Å². The Labute approximate surface area is 111 Å². The monoisotopic (exact) mass is 270 g/mol. The highest BCUT2D eigenvalue weighted by Gasteiger charge is 2.24. The molecule has 0 aromatic carbocycles. The molecule has 106 valence electrons. The highest BCUT2D eigenvalue weighted by Crippen LogP contribution is 2.28. The van der Waals surface area contributed by atoms with Gasteiger partial charge in [0.2, 0.25) is 5.95 Å². The molecule has 1 heterocycles. The smallest absolute Gasteiger partial charge is 0.352 e. The average Bonchev–Trinajstić information content (AvgIpc) is 2.27. The van der Waals surface area contributed by atoms with Crippen molar-refractivity contribution in [1.29, 1.82) is 0 Å². The Morgan fingerprint density at radius 3 is 2.58 bits per heavy atom. The van der Waals surface area contributed by atoms with E-state index in [4.69, 9.17) is 15.2 Å². The van der Waals surface area contributed by atoms with Crippen LogP contribution in [-0.2, 0) is 4.74 Å². The van der Waals surface area contributed by atoms with Gasteiger partial charge in [-0.3, -0.25) is 10.1 Å². The number of hydrogen-bond acceptors (Lipinski definition) is 7. The lowest BCUT2D eigenvalue weighted by atomic mass is 10.1. The van der Waals surface area contributed by atoms with E-state index in [0.717, 1.165) is 0 Å². The van der Waals surface area contributed by atoms with E-state index in [1.54, 1.807) is 7.11 Å². The summed E-state index contributed by atoms with van der Waals surface area (Å²) < 4.78 is 10.6. The maximum atomic E-state index is 11.0. The minimum absolute atomic E-state index is 0.0518. The van der Waals surface area contributed by atoms with Crippen LogP contribution in [0.25, 0.3) is 0 Å². The summed E-state index contributed by atoms with van der Waals surface area (Å²) in [7, 11) is 1.59. The van der Waals surface area contributed by atoms with Crippen molar-refractivity contribution in [2.75, 3.05) is 19.5 Å². The van der Waals surface area contributed by atoms with Crippen molar-refractivity contribution in [2.24, 2.45) is 0 Å². The number of rotatable bonds is 6. The number of aryl methyl sites for hydroxylation is 1. The molecule has 8 heteroatoms. The summed E-state index contributed by atoms with van der Waals surface area (Å²) in [6, 6.07) is 0. The van der Waals surface area contributed by atoms with E-state index in [1.165, 1.54) is 6.92 Å². The third kappa shape index (κ3) is 4.02. The number of aromatic nitrogens is 2. The summed E-state index contributed by atoms with van der Waals surface area (Å²) in [6.07, 6.45) is 0.559. The van der Waals surface area contributed by atoms with Crippen molar-refractivity contribution in [3.8, 4) is 5.88 Å². The van der Waals surface area contributed by atoms with Crippen LogP contribution in [0, 0.1) is 17.0 Å². The number of nitrogens with two attached hydrogens (primary N) is 1. The van der Waals surface area contributed by atoms with Gasteiger partial charge >= 0.3 is 5.69 Å². The third-order valence-corrected chi connectivity index (χ3v) is 2.72. The second kappa shape index (κ2) is 5.79. The first kappa shape index (κ1) is 15.1. The lowest BCUT2D eigenvalue weighted by Gasteiger charge is -2.22. The molecule has 1 aromatic heterocycles. The topological polar surface area (TPSA) is 113 Å². The number of nitro groups is 1. The second-order valence-electron chi connectivity index (χ2n) is 4.64. The fourth-order valence-electron chi connectivity index (χ4n) is 1.37. The number of methoxy groups -OCH3 is 1. The molecule has 0 fully saturated rings. The number of anilines is 1. The minimum atomic E-state index is -0.578. The Morgan fingerprint density at radius 2 is 2.05 bits per heavy atom. The Balaban J connectivity index is 2.86. The number of nitrogens with zero attached hydrogens (tertiary/aromatic N) is 3. The van der Waals surface area contributed by atoms with E-state index in [0.29, 0.717) is 6.42 Å². The summed E-state index contributed by atoms with van der Waals surface area (Å²) >= 11 is 0. The van der Waals surface area contributed by atoms with Crippen molar-refractivity contribution in [3.05, 3.63) is 15.8 Å². The third-order valence-electron chi connectivity index (χ3n) is 2.72. The fraction of sp³-hybridized carbons (Fsp3) is 0.636. The van der Waals surface area contributed by atoms with Gasteiger partial charge in [0, 0.05) is 13.5 Å². The molecule has 0 atom stereocenters. The van der Waals surface area contributed by atoms with Gasteiger partial charge < -0.3 is 15.2 Å². The van der Waals surface area contributed by atoms with Crippen LogP contribution in [0.15, 0.2) is 0 Å². The van der Waals surface area contributed by atoms with Crippen molar-refractivity contribution in [2.45, 2.75) is 32.8 Å². The Kier molecular flexibility index (Phi) is 4.60. The lowest BCUT2D eigenvalue weighted by Crippen LogP contribution is -2.25.